The molecule has 2 atom stereocenters. The Hall–Kier alpha value is -2.44. The molecule has 0 saturated carbocycles. The van der Waals surface area contributed by atoms with Crippen LogP contribution in [0.25, 0.3) is 11.0 Å². The van der Waals surface area contributed by atoms with Crippen LogP contribution in [-0.4, -0.2) is 21.6 Å². The summed E-state index contributed by atoms with van der Waals surface area (Å²) in [5, 5.41) is 13.3. The van der Waals surface area contributed by atoms with Crippen LogP contribution in [0.4, 0.5) is 4.39 Å². The number of imidazole rings is 1. The molecular weight excluding hydrogens is 297 g/mol. The first-order valence-electron chi connectivity index (χ1n) is 7.42. The average Bonchev–Trinajstić information content (AvgIpc) is 2.91. The van der Waals surface area contributed by atoms with Gasteiger partial charge in [0.15, 0.2) is 0 Å². The van der Waals surface area contributed by atoms with Crippen LogP contribution in [-0.2, 0) is 0 Å². The zero-order valence-electron chi connectivity index (χ0n) is 12.6. The van der Waals surface area contributed by atoms with Crippen molar-refractivity contribution in [2.24, 2.45) is 0 Å². The minimum absolute atomic E-state index is 0.0563. The van der Waals surface area contributed by atoms with Crippen LogP contribution in [0.5, 0.6) is 0 Å². The third kappa shape index (κ3) is 3.33. The molecule has 120 valence electrons. The first kappa shape index (κ1) is 15.5. The second kappa shape index (κ2) is 6.36. The summed E-state index contributed by atoms with van der Waals surface area (Å²) in [6.07, 6.45) is -0.922. The van der Waals surface area contributed by atoms with Crippen LogP contribution in [0.3, 0.4) is 0 Å². The molecule has 2 aromatic carbocycles. The van der Waals surface area contributed by atoms with Crippen LogP contribution >= 0.6 is 0 Å². The lowest BCUT2D eigenvalue weighted by molar-refractivity contribution is 0.166. The quantitative estimate of drug-likeness (QED) is 0.583. The standard InChI is InChI=1S/C17H18FN3O2/c1-10(11-6-7-14-15(8-11)21-17(23)20-14)19-9-16(22)12-4-2-3-5-13(12)18/h2-8,10,16,19,22H,9H2,1H3,(H2,20,21,23). The van der Waals surface area contributed by atoms with Gasteiger partial charge in [0.25, 0.3) is 0 Å². The molecule has 3 rings (SSSR count). The molecule has 0 amide bonds. The van der Waals surface area contributed by atoms with Crippen LogP contribution in [0.1, 0.15) is 30.2 Å². The van der Waals surface area contributed by atoms with Crippen molar-refractivity contribution in [3.05, 3.63) is 69.9 Å². The number of hydrogen-bond acceptors (Lipinski definition) is 3. The minimum atomic E-state index is -0.922. The highest BCUT2D eigenvalue weighted by atomic mass is 19.1. The number of H-pyrrole nitrogens is 2. The van der Waals surface area contributed by atoms with Gasteiger partial charge < -0.3 is 20.4 Å². The summed E-state index contributed by atoms with van der Waals surface area (Å²) < 4.78 is 13.6. The third-order valence-corrected chi connectivity index (χ3v) is 3.92. The second-order valence-electron chi connectivity index (χ2n) is 5.55. The predicted octanol–water partition coefficient (Wildman–Crippen LogP) is 2.38. The Bertz CT molecular complexity index is 871. The second-order valence-corrected chi connectivity index (χ2v) is 5.55. The van der Waals surface area contributed by atoms with E-state index in [1.807, 2.05) is 25.1 Å². The van der Waals surface area contributed by atoms with E-state index in [1.165, 1.54) is 6.07 Å². The molecule has 0 saturated heterocycles. The van der Waals surface area contributed by atoms with Gasteiger partial charge in [0, 0.05) is 18.2 Å². The molecule has 6 heteroatoms. The molecule has 23 heavy (non-hydrogen) atoms. The minimum Gasteiger partial charge on any atom is -0.387 e. The van der Waals surface area contributed by atoms with Gasteiger partial charge in [0.05, 0.1) is 17.1 Å². The highest BCUT2D eigenvalue weighted by Gasteiger charge is 2.14. The molecule has 2 unspecified atom stereocenters. The van der Waals surface area contributed by atoms with Gasteiger partial charge in [-0.05, 0) is 30.7 Å². The summed E-state index contributed by atoms with van der Waals surface area (Å²) in [7, 11) is 0. The van der Waals surface area contributed by atoms with Crippen molar-refractivity contribution in [2.75, 3.05) is 6.54 Å². The third-order valence-electron chi connectivity index (χ3n) is 3.92. The molecule has 0 aliphatic carbocycles. The van der Waals surface area contributed by atoms with Crippen LogP contribution < -0.4 is 11.0 Å². The lowest BCUT2D eigenvalue weighted by Gasteiger charge is -2.18. The normalized spacial score (nSPS) is 14.0. The lowest BCUT2D eigenvalue weighted by atomic mass is 10.1. The Morgan fingerprint density at radius 3 is 2.70 bits per heavy atom. The molecule has 4 N–H and O–H groups in total. The summed E-state index contributed by atoms with van der Waals surface area (Å²) in [5.41, 5.74) is 2.48. The maximum Gasteiger partial charge on any atom is 0.323 e. The van der Waals surface area contributed by atoms with E-state index < -0.39 is 11.9 Å². The Morgan fingerprint density at radius 1 is 1.17 bits per heavy atom. The number of aromatic amines is 2. The number of aliphatic hydroxyl groups excluding tert-OH is 1. The van der Waals surface area contributed by atoms with Crippen LogP contribution in [0, 0.1) is 5.82 Å². The SMILES string of the molecule is CC(NCC(O)c1ccccc1F)c1ccc2[nH]c(=O)[nH]c2c1. The van der Waals surface area contributed by atoms with E-state index in [0.717, 1.165) is 16.6 Å². The van der Waals surface area contributed by atoms with Gasteiger partial charge >= 0.3 is 5.69 Å². The number of aliphatic hydroxyl groups is 1. The Labute approximate surface area is 132 Å². The lowest BCUT2D eigenvalue weighted by Crippen LogP contribution is -2.25. The molecule has 1 heterocycles. The number of fused-ring (bicyclic) bond motifs is 1. The summed E-state index contributed by atoms with van der Waals surface area (Å²) in [4.78, 5) is 16.7. The highest BCUT2D eigenvalue weighted by molar-refractivity contribution is 5.75. The molecule has 3 aromatic rings. The number of aromatic nitrogens is 2. The smallest absolute Gasteiger partial charge is 0.323 e. The van der Waals surface area contributed by atoms with E-state index in [9.17, 15) is 14.3 Å². The number of halogens is 1. The molecule has 5 nitrogen and oxygen atoms in total. The van der Waals surface area contributed by atoms with Gasteiger partial charge in [0.2, 0.25) is 0 Å². The van der Waals surface area contributed by atoms with Crippen molar-refractivity contribution in [3.63, 3.8) is 0 Å². The zero-order chi connectivity index (χ0) is 16.4. The van der Waals surface area contributed by atoms with Gasteiger partial charge in [-0.1, -0.05) is 24.3 Å². The maximum absolute atomic E-state index is 13.6. The first-order chi connectivity index (χ1) is 11.0. The van der Waals surface area contributed by atoms with Gasteiger partial charge in [0.1, 0.15) is 5.82 Å². The highest BCUT2D eigenvalue weighted by Crippen LogP contribution is 2.19. The summed E-state index contributed by atoms with van der Waals surface area (Å²) in [6, 6.07) is 11.7. The number of rotatable bonds is 5. The molecular formula is C17H18FN3O2. The molecule has 0 radical (unpaired) electrons. The number of benzene rings is 2. The molecule has 1 aromatic heterocycles. The molecule has 0 aliphatic rings. The summed E-state index contributed by atoms with van der Waals surface area (Å²) in [6.45, 7) is 2.17. The summed E-state index contributed by atoms with van der Waals surface area (Å²) in [5.74, 6) is -0.416. The largest absolute Gasteiger partial charge is 0.387 e. The van der Waals surface area contributed by atoms with Crippen molar-refractivity contribution in [1.82, 2.24) is 15.3 Å². The zero-order valence-corrected chi connectivity index (χ0v) is 12.6. The molecule has 0 bridgehead atoms. The van der Waals surface area contributed by atoms with Crippen molar-refractivity contribution >= 4 is 11.0 Å². The van der Waals surface area contributed by atoms with E-state index in [-0.39, 0.29) is 23.8 Å². The van der Waals surface area contributed by atoms with E-state index >= 15 is 0 Å². The fourth-order valence-electron chi connectivity index (χ4n) is 2.58. The monoisotopic (exact) mass is 315 g/mol. The summed E-state index contributed by atoms with van der Waals surface area (Å²) >= 11 is 0. The van der Waals surface area contributed by atoms with E-state index in [2.05, 4.69) is 15.3 Å². The number of hydrogen-bond donors (Lipinski definition) is 4. The van der Waals surface area contributed by atoms with E-state index in [0.29, 0.717) is 0 Å². The van der Waals surface area contributed by atoms with Gasteiger partial charge in [-0.15, -0.1) is 0 Å². The topological polar surface area (TPSA) is 80.9 Å². The van der Waals surface area contributed by atoms with Crippen molar-refractivity contribution in [1.29, 1.82) is 0 Å². The Morgan fingerprint density at radius 2 is 1.91 bits per heavy atom. The Balaban J connectivity index is 1.69. The molecule has 0 fully saturated rings. The van der Waals surface area contributed by atoms with Gasteiger partial charge in [-0.2, -0.15) is 0 Å². The predicted molar refractivity (Wildman–Crippen MR) is 86.7 cm³/mol. The van der Waals surface area contributed by atoms with E-state index in [4.69, 9.17) is 0 Å². The van der Waals surface area contributed by atoms with Crippen molar-refractivity contribution < 1.29 is 9.50 Å². The average molecular weight is 315 g/mol. The van der Waals surface area contributed by atoms with E-state index in [1.54, 1.807) is 18.2 Å². The van der Waals surface area contributed by atoms with Crippen molar-refractivity contribution in [2.45, 2.75) is 19.1 Å². The number of nitrogens with one attached hydrogen (secondary N) is 3. The fraction of sp³-hybridized carbons (Fsp3) is 0.235. The molecule has 0 spiro atoms. The van der Waals surface area contributed by atoms with Crippen LogP contribution in [0.2, 0.25) is 0 Å². The van der Waals surface area contributed by atoms with Gasteiger partial charge in [-0.3, -0.25) is 0 Å². The van der Waals surface area contributed by atoms with Crippen LogP contribution in [0.15, 0.2) is 47.3 Å². The first-order valence-corrected chi connectivity index (χ1v) is 7.42. The maximum atomic E-state index is 13.6. The molecule has 0 aliphatic heterocycles. The Kier molecular flexibility index (Phi) is 4.27. The fourth-order valence-corrected chi connectivity index (χ4v) is 2.58. The van der Waals surface area contributed by atoms with Crippen molar-refractivity contribution in [3.8, 4) is 0 Å². The van der Waals surface area contributed by atoms with Gasteiger partial charge in [-0.25, -0.2) is 9.18 Å².